The molecule has 0 saturated heterocycles. The van der Waals surface area contributed by atoms with Crippen LogP contribution in [0.5, 0.6) is 0 Å². The summed E-state index contributed by atoms with van der Waals surface area (Å²) in [4.78, 5) is 39.9. The van der Waals surface area contributed by atoms with Crippen molar-refractivity contribution < 1.29 is 4.79 Å². The van der Waals surface area contributed by atoms with E-state index < -0.39 is 11.2 Å². The lowest BCUT2D eigenvalue weighted by molar-refractivity contribution is 0.0886. The van der Waals surface area contributed by atoms with Crippen LogP contribution in [0, 0.1) is 0 Å². The number of nitrogen functional groups attached to an aromatic ring is 1. The number of aromatic nitrogens is 2. The SMILES string of the molecule is CC(c1ccc2ccccc2c1)N(CC(=O)c1c(N)n(C)c(=O)n(C)c1=O)C1CC1. The third kappa shape index (κ3) is 3.45. The second-order valence-corrected chi connectivity index (χ2v) is 8.08. The standard InChI is InChI=1S/C23H26N4O3/c1-14(16-9-8-15-6-4-5-7-17(15)12-16)27(18-10-11-18)13-19(28)20-21(24)25(2)23(30)26(3)22(20)29/h4-9,12,14,18H,10-11,13,24H2,1-3H3. The normalized spacial score (nSPS) is 14.9. The van der Waals surface area contributed by atoms with Gasteiger partial charge in [-0.25, -0.2) is 4.79 Å². The molecule has 1 atom stereocenters. The van der Waals surface area contributed by atoms with Gasteiger partial charge in [0.05, 0.1) is 6.54 Å². The van der Waals surface area contributed by atoms with Crippen molar-refractivity contribution in [2.45, 2.75) is 31.8 Å². The van der Waals surface area contributed by atoms with E-state index in [4.69, 9.17) is 5.73 Å². The first-order valence-corrected chi connectivity index (χ1v) is 10.1. The average Bonchev–Trinajstić information content (AvgIpc) is 3.59. The molecule has 1 fully saturated rings. The van der Waals surface area contributed by atoms with Gasteiger partial charge in [-0.1, -0.05) is 36.4 Å². The van der Waals surface area contributed by atoms with Crippen LogP contribution >= 0.6 is 0 Å². The molecule has 3 aromatic rings. The maximum Gasteiger partial charge on any atom is 0.332 e. The average molecular weight is 406 g/mol. The third-order valence-electron chi connectivity index (χ3n) is 6.08. The summed E-state index contributed by atoms with van der Waals surface area (Å²) in [6.45, 7) is 2.16. The number of carbonyl (C=O) groups is 1. The van der Waals surface area contributed by atoms with Gasteiger partial charge in [-0.3, -0.25) is 23.6 Å². The van der Waals surface area contributed by atoms with E-state index in [2.05, 4.69) is 42.2 Å². The molecule has 156 valence electrons. The number of anilines is 1. The zero-order valence-electron chi connectivity index (χ0n) is 17.5. The Morgan fingerprint density at radius 2 is 1.77 bits per heavy atom. The van der Waals surface area contributed by atoms with E-state index in [-0.39, 0.29) is 29.8 Å². The van der Waals surface area contributed by atoms with Gasteiger partial charge in [0.25, 0.3) is 5.56 Å². The van der Waals surface area contributed by atoms with Crippen molar-refractivity contribution in [3.8, 4) is 0 Å². The highest BCUT2D eigenvalue weighted by Gasteiger charge is 2.35. The molecule has 1 saturated carbocycles. The van der Waals surface area contributed by atoms with Crippen molar-refractivity contribution in [1.29, 1.82) is 0 Å². The fourth-order valence-electron chi connectivity index (χ4n) is 4.01. The number of hydrogen-bond acceptors (Lipinski definition) is 5. The van der Waals surface area contributed by atoms with Crippen molar-refractivity contribution in [3.05, 3.63) is 74.4 Å². The molecule has 0 bridgehead atoms. The number of rotatable bonds is 6. The number of ketones is 1. The second kappa shape index (κ2) is 7.57. The highest BCUT2D eigenvalue weighted by molar-refractivity contribution is 6.01. The lowest BCUT2D eigenvalue weighted by atomic mass is 10.0. The first-order chi connectivity index (χ1) is 14.3. The summed E-state index contributed by atoms with van der Waals surface area (Å²) in [5, 5.41) is 2.32. The molecule has 1 unspecified atom stereocenters. The van der Waals surface area contributed by atoms with Gasteiger partial charge in [0.2, 0.25) is 0 Å². The molecule has 2 N–H and O–H groups in total. The predicted molar refractivity (Wildman–Crippen MR) is 118 cm³/mol. The van der Waals surface area contributed by atoms with Gasteiger partial charge in [-0.2, -0.15) is 0 Å². The minimum atomic E-state index is -0.644. The van der Waals surface area contributed by atoms with Gasteiger partial charge in [0, 0.05) is 26.2 Å². The number of hydrogen-bond donors (Lipinski definition) is 1. The van der Waals surface area contributed by atoms with Crippen LogP contribution in [0.3, 0.4) is 0 Å². The summed E-state index contributed by atoms with van der Waals surface area (Å²) < 4.78 is 2.07. The Hall–Kier alpha value is -3.19. The van der Waals surface area contributed by atoms with Crippen LogP contribution < -0.4 is 17.0 Å². The Balaban J connectivity index is 1.67. The van der Waals surface area contributed by atoms with Gasteiger partial charge < -0.3 is 5.73 Å². The van der Waals surface area contributed by atoms with Gasteiger partial charge in [-0.05, 0) is 42.2 Å². The highest BCUT2D eigenvalue weighted by atomic mass is 16.2. The fourth-order valence-corrected chi connectivity index (χ4v) is 4.01. The van der Waals surface area contributed by atoms with Crippen molar-refractivity contribution in [1.82, 2.24) is 14.0 Å². The molecule has 7 heteroatoms. The van der Waals surface area contributed by atoms with Crippen molar-refractivity contribution in [3.63, 3.8) is 0 Å². The van der Waals surface area contributed by atoms with E-state index in [1.54, 1.807) is 0 Å². The lowest BCUT2D eigenvalue weighted by Gasteiger charge is -2.29. The maximum atomic E-state index is 13.1. The van der Waals surface area contributed by atoms with Crippen LogP contribution in [-0.4, -0.2) is 32.4 Å². The van der Waals surface area contributed by atoms with Gasteiger partial charge >= 0.3 is 5.69 Å². The summed E-state index contributed by atoms with van der Waals surface area (Å²) >= 11 is 0. The Morgan fingerprint density at radius 1 is 1.10 bits per heavy atom. The Morgan fingerprint density at radius 3 is 2.43 bits per heavy atom. The second-order valence-electron chi connectivity index (χ2n) is 8.08. The maximum absolute atomic E-state index is 13.1. The van der Waals surface area contributed by atoms with E-state index in [0.29, 0.717) is 6.04 Å². The Kier molecular flexibility index (Phi) is 5.07. The number of Topliss-reactive ketones (excluding diaryl/α,β-unsaturated/α-hetero) is 1. The number of benzene rings is 2. The van der Waals surface area contributed by atoms with Crippen LogP contribution in [0.2, 0.25) is 0 Å². The minimum Gasteiger partial charge on any atom is -0.384 e. The molecular formula is C23H26N4O3. The number of carbonyl (C=O) groups excluding carboxylic acids is 1. The highest BCUT2D eigenvalue weighted by Crippen LogP contribution is 2.35. The van der Waals surface area contributed by atoms with Gasteiger partial charge in [0.1, 0.15) is 11.4 Å². The molecule has 1 heterocycles. The molecule has 4 rings (SSSR count). The summed E-state index contributed by atoms with van der Waals surface area (Å²) in [7, 11) is 2.82. The van der Waals surface area contributed by atoms with E-state index in [1.807, 2.05) is 12.1 Å². The molecule has 1 aliphatic rings. The van der Waals surface area contributed by atoms with Crippen LogP contribution in [0.1, 0.15) is 41.7 Å². The zero-order chi connectivity index (χ0) is 21.6. The Labute approximate surface area is 174 Å². The first kappa shape index (κ1) is 20.1. The van der Waals surface area contributed by atoms with Crippen molar-refractivity contribution >= 4 is 22.4 Å². The van der Waals surface area contributed by atoms with Crippen LogP contribution in [0.4, 0.5) is 5.82 Å². The number of nitrogens with two attached hydrogens (primary N) is 1. The monoisotopic (exact) mass is 406 g/mol. The largest absolute Gasteiger partial charge is 0.384 e. The van der Waals surface area contributed by atoms with Gasteiger partial charge in [0.15, 0.2) is 5.78 Å². The summed E-state index contributed by atoms with van der Waals surface area (Å²) in [5.74, 6) is -0.439. The molecule has 0 amide bonds. The molecule has 30 heavy (non-hydrogen) atoms. The summed E-state index contributed by atoms with van der Waals surface area (Å²) in [6, 6.07) is 14.8. The van der Waals surface area contributed by atoms with E-state index in [9.17, 15) is 14.4 Å². The quantitative estimate of drug-likeness (QED) is 0.634. The minimum absolute atomic E-state index is 0.00339. The van der Waals surface area contributed by atoms with Crippen LogP contribution in [0.25, 0.3) is 10.8 Å². The van der Waals surface area contributed by atoms with Crippen LogP contribution in [0.15, 0.2) is 52.1 Å². The molecule has 1 aliphatic carbocycles. The van der Waals surface area contributed by atoms with E-state index in [1.165, 1.54) is 19.5 Å². The van der Waals surface area contributed by atoms with Crippen molar-refractivity contribution in [2.24, 2.45) is 14.1 Å². The molecule has 0 spiro atoms. The lowest BCUT2D eigenvalue weighted by Crippen LogP contribution is -2.44. The summed E-state index contributed by atoms with van der Waals surface area (Å²) in [5.41, 5.74) is 5.80. The molecule has 2 aromatic carbocycles. The van der Waals surface area contributed by atoms with Crippen molar-refractivity contribution in [2.75, 3.05) is 12.3 Å². The summed E-state index contributed by atoms with van der Waals surface area (Å²) in [6.07, 6.45) is 2.04. The van der Waals surface area contributed by atoms with E-state index in [0.717, 1.165) is 32.9 Å². The molecule has 7 nitrogen and oxygen atoms in total. The van der Waals surface area contributed by atoms with Gasteiger partial charge in [-0.15, -0.1) is 0 Å². The topological polar surface area (TPSA) is 90.3 Å². The molecule has 0 aliphatic heterocycles. The Bertz CT molecular complexity index is 1250. The smallest absolute Gasteiger partial charge is 0.332 e. The number of fused-ring (bicyclic) bond motifs is 1. The van der Waals surface area contributed by atoms with Crippen LogP contribution in [-0.2, 0) is 14.1 Å². The van der Waals surface area contributed by atoms with E-state index >= 15 is 0 Å². The molecule has 0 radical (unpaired) electrons. The number of nitrogens with zero attached hydrogens (tertiary/aromatic N) is 3. The fraction of sp³-hybridized carbons (Fsp3) is 0.348. The predicted octanol–water partition coefficient (Wildman–Crippen LogP) is 2.23. The molecule has 1 aromatic heterocycles. The first-order valence-electron chi connectivity index (χ1n) is 10.1. The zero-order valence-corrected chi connectivity index (χ0v) is 17.5. The molecular weight excluding hydrogens is 380 g/mol. The third-order valence-corrected chi connectivity index (χ3v) is 6.08.